The standard InChI is InChI=1S/C13H28N2O2S/c1-10(2)14-9-11(3)18(16,17)15-12-6-7-13(4,5)8-12/h10-12,14-15H,6-9H2,1-5H3. The van der Waals surface area contributed by atoms with Crippen molar-refractivity contribution in [1.29, 1.82) is 0 Å². The summed E-state index contributed by atoms with van der Waals surface area (Å²) in [6.07, 6.45) is 2.99. The molecule has 0 saturated heterocycles. The Labute approximate surface area is 112 Å². The summed E-state index contributed by atoms with van der Waals surface area (Å²) in [5, 5.41) is 2.79. The van der Waals surface area contributed by atoms with E-state index in [0.29, 0.717) is 12.6 Å². The van der Waals surface area contributed by atoms with Gasteiger partial charge in [0.1, 0.15) is 0 Å². The number of nitrogens with one attached hydrogen (secondary N) is 2. The molecule has 1 rings (SSSR count). The fourth-order valence-electron chi connectivity index (χ4n) is 2.40. The monoisotopic (exact) mass is 276 g/mol. The summed E-state index contributed by atoms with van der Waals surface area (Å²) < 4.78 is 27.2. The highest BCUT2D eigenvalue weighted by atomic mass is 32.2. The lowest BCUT2D eigenvalue weighted by molar-refractivity contribution is 0.372. The first-order chi connectivity index (χ1) is 8.12. The first-order valence-corrected chi connectivity index (χ1v) is 8.41. The Morgan fingerprint density at radius 3 is 2.33 bits per heavy atom. The number of hydrogen-bond acceptors (Lipinski definition) is 3. The van der Waals surface area contributed by atoms with E-state index in [9.17, 15) is 8.42 Å². The molecule has 0 aliphatic heterocycles. The number of hydrogen-bond donors (Lipinski definition) is 2. The minimum absolute atomic E-state index is 0.117. The van der Waals surface area contributed by atoms with Crippen LogP contribution in [-0.4, -0.2) is 32.3 Å². The molecule has 0 radical (unpaired) electrons. The molecule has 5 heteroatoms. The highest BCUT2D eigenvalue weighted by molar-refractivity contribution is 7.90. The third kappa shape index (κ3) is 4.86. The smallest absolute Gasteiger partial charge is 0.215 e. The van der Waals surface area contributed by atoms with E-state index < -0.39 is 10.0 Å². The van der Waals surface area contributed by atoms with Gasteiger partial charge in [-0.25, -0.2) is 13.1 Å². The molecule has 1 fully saturated rings. The van der Waals surface area contributed by atoms with Crippen LogP contribution in [0.15, 0.2) is 0 Å². The van der Waals surface area contributed by atoms with Crippen molar-refractivity contribution in [2.45, 2.75) is 71.2 Å². The largest absolute Gasteiger partial charge is 0.313 e. The van der Waals surface area contributed by atoms with Gasteiger partial charge < -0.3 is 5.32 Å². The molecule has 4 nitrogen and oxygen atoms in total. The van der Waals surface area contributed by atoms with Gasteiger partial charge in [-0.1, -0.05) is 27.7 Å². The molecular weight excluding hydrogens is 248 g/mol. The lowest BCUT2D eigenvalue weighted by Crippen LogP contribution is -2.44. The third-order valence-electron chi connectivity index (χ3n) is 3.64. The highest BCUT2D eigenvalue weighted by Gasteiger charge is 2.34. The van der Waals surface area contributed by atoms with Crippen LogP contribution in [0.1, 0.15) is 53.9 Å². The molecule has 108 valence electrons. The average molecular weight is 276 g/mol. The fourth-order valence-corrected chi connectivity index (χ4v) is 3.61. The summed E-state index contributed by atoms with van der Waals surface area (Å²) in [5.74, 6) is 0. The van der Waals surface area contributed by atoms with Gasteiger partial charge >= 0.3 is 0 Å². The highest BCUT2D eigenvalue weighted by Crippen LogP contribution is 2.37. The molecular formula is C13H28N2O2S. The molecule has 2 N–H and O–H groups in total. The topological polar surface area (TPSA) is 58.2 Å². The van der Waals surface area contributed by atoms with Crippen LogP contribution >= 0.6 is 0 Å². The van der Waals surface area contributed by atoms with Crippen molar-refractivity contribution in [2.75, 3.05) is 6.54 Å². The molecule has 0 aromatic carbocycles. The van der Waals surface area contributed by atoms with Gasteiger partial charge in [0.25, 0.3) is 0 Å². The second-order valence-electron chi connectivity index (χ2n) is 6.64. The van der Waals surface area contributed by atoms with Gasteiger partial charge in [-0.05, 0) is 31.6 Å². The molecule has 0 spiro atoms. The van der Waals surface area contributed by atoms with Gasteiger partial charge in [-0.2, -0.15) is 0 Å². The lowest BCUT2D eigenvalue weighted by atomic mass is 9.92. The Morgan fingerprint density at radius 1 is 1.28 bits per heavy atom. The SMILES string of the molecule is CC(C)NCC(C)S(=O)(=O)NC1CCC(C)(C)C1. The molecule has 0 aromatic heterocycles. The van der Waals surface area contributed by atoms with E-state index in [1.54, 1.807) is 6.92 Å². The summed E-state index contributed by atoms with van der Waals surface area (Å²) >= 11 is 0. The maximum Gasteiger partial charge on any atom is 0.215 e. The van der Waals surface area contributed by atoms with Crippen LogP contribution in [-0.2, 0) is 10.0 Å². The van der Waals surface area contributed by atoms with E-state index >= 15 is 0 Å². The van der Waals surface area contributed by atoms with Crippen molar-refractivity contribution in [1.82, 2.24) is 10.0 Å². The van der Waals surface area contributed by atoms with E-state index in [1.165, 1.54) is 0 Å². The lowest BCUT2D eigenvalue weighted by Gasteiger charge is -2.21. The molecule has 18 heavy (non-hydrogen) atoms. The van der Waals surface area contributed by atoms with Gasteiger partial charge in [0.15, 0.2) is 0 Å². The van der Waals surface area contributed by atoms with Crippen LogP contribution < -0.4 is 10.0 Å². The Hall–Kier alpha value is -0.130. The first-order valence-electron chi connectivity index (χ1n) is 6.87. The van der Waals surface area contributed by atoms with Crippen molar-refractivity contribution >= 4 is 10.0 Å². The van der Waals surface area contributed by atoms with Crippen LogP contribution in [0.2, 0.25) is 0 Å². The van der Waals surface area contributed by atoms with Crippen molar-refractivity contribution < 1.29 is 8.42 Å². The number of rotatable bonds is 6. The Bertz CT molecular complexity index is 363. The van der Waals surface area contributed by atoms with Crippen LogP contribution in [0.25, 0.3) is 0 Å². The zero-order valence-electron chi connectivity index (χ0n) is 12.3. The third-order valence-corrected chi connectivity index (χ3v) is 5.53. The van der Waals surface area contributed by atoms with Crippen LogP contribution in [0.5, 0.6) is 0 Å². The zero-order chi connectivity index (χ0) is 14.0. The van der Waals surface area contributed by atoms with Crippen molar-refractivity contribution in [3.8, 4) is 0 Å². The summed E-state index contributed by atoms with van der Waals surface area (Å²) in [4.78, 5) is 0. The predicted octanol–water partition coefficient (Wildman–Crippen LogP) is 1.87. The number of sulfonamides is 1. The van der Waals surface area contributed by atoms with Crippen LogP contribution in [0, 0.1) is 5.41 Å². The van der Waals surface area contributed by atoms with Gasteiger partial charge in [0.05, 0.1) is 5.25 Å². The van der Waals surface area contributed by atoms with Gasteiger partial charge in [0, 0.05) is 18.6 Å². The minimum atomic E-state index is -3.20. The molecule has 1 saturated carbocycles. The van der Waals surface area contributed by atoms with Gasteiger partial charge in [-0.15, -0.1) is 0 Å². The van der Waals surface area contributed by atoms with Crippen LogP contribution in [0.4, 0.5) is 0 Å². The summed E-state index contributed by atoms with van der Waals surface area (Å²) in [6, 6.07) is 0.430. The molecule has 0 bridgehead atoms. The van der Waals surface area contributed by atoms with E-state index in [0.717, 1.165) is 19.3 Å². The average Bonchev–Trinajstić information content (AvgIpc) is 2.53. The maximum absolute atomic E-state index is 12.2. The Kier molecular flexibility index (Phi) is 5.21. The molecule has 1 aliphatic rings. The van der Waals surface area contributed by atoms with Crippen molar-refractivity contribution in [3.63, 3.8) is 0 Å². The molecule has 0 amide bonds. The second-order valence-corrected chi connectivity index (χ2v) is 8.77. The van der Waals surface area contributed by atoms with E-state index in [4.69, 9.17) is 0 Å². The predicted molar refractivity (Wildman–Crippen MR) is 76.1 cm³/mol. The molecule has 2 unspecified atom stereocenters. The van der Waals surface area contributed by atoms with Crippen molar-refractivity contribution in [3.05, 3.63) is 0 Å². The molecule has 2 atom stereocenters. The fraction of sp³-hybridized carbons (Fsp3) is 1.00. The maximum atomic E-state index is 12.2. The van der Waals surface area contributed by atoms with Crippen LogP contribution in [0.3, 0.4) is 0 Å². The summed E-state index contributed by atoms with van der Waals surface area (Å²) in [6.45, 7) is 10.7. The zero-order valence-corrected chi connectivity index (χ0v) is 13.1. The van der Waals surface area contributed by atoms with Gasteiger partial charge in [-0.3, -0.25) is 0 Å². The van der Waals surface area contributed by atoms with E-state index in [-0.39, 0.29) is 16.7 Å². The first kappa shape index (κ1) is 15.9. The van der Waals surface area contributed by atoms with Gasteiger partial charge in [0.2, 0.25) is 10.0 Å². The quantitative estimate of drug-likeness (QED) is 0.778. The van der Waals surface area contributed by atoms with E-state index in [2.05, 4.69) is 23.9 Å². The molecule has 1 aliphatic carbocycles. The Balaban J connectivity index is 2.49. The van der Waals surface area contributed by atoms with E-state index in [1.807, 2.05) is 13.8 Å². The Morgan fingerprint density at radius 2 is 1.89 bits per heavy atom. The summed E-state index contributed by atoms with van der Waals surface area (Å²) in [5.41, 5.74) is 0.270. The molecule has 0 heterocycles. The van der Waals surface area contributed by atoms with Crippen molar-refractivity contribution in [2.24, 2.45) is 5.41 Å². The second kappa shape index (κ2) is 5.88. The molecule has 0 aromatic rings. The minimum Gasteiger partial charge on any atom is -0.313 e. The summed E-state index contributed by atoms with van der Waals surface area (Å²) in [7, 11) is -3.20. The normalized spacial score (nSPS) is 25.6.